The van der Waals surface area contributed by atoms with Crippen molar-refractivity contribution in [3.63, 3.8) is 0 Å². The van der Waals surface area contributed by atoms with Gasteiger partial charge in [-0.05, 0) is 43.0 Å². The molecule has 23 heavy (non-hydrogen) atoms. The lowest BCUT2D eigenvalue weighted by Crippen LogP contribution is -2.40. The Kier molecular flexibility index (Phi) is 4.57. The van der Waals surface area contributed by atoms with E-state index in [0.29, 0.717) is 23.2 Å². The monoisotopic (exact) mass is 333 g/mol. The number of benzene rings is 1. The summed E-state index contributed by atoms with van der Waals surface area (Å²) in [6, 6.07) is 7.31. The highest BCUT2D eigenvalue weighted by atomic mass is 35.5. The lowest BCUT2D eigenvalue weighted by molar-refractivity contribution is -0.130. The number of hydrogen-bond donors (Lipinski definition) is 2. The zero-order chi connectivity index (χ0) is 16.4. The van der Waals surface area contributed by atoms with Crippen LogP contribution in [0, 0.1) is 5.92 Å². The Hall–Kier alpha value is -2.01. The predicted octanol–water partition coefficient (Wildman–Crippen LogP) is 2.81. The summed E-state index contributed by atoms with van der Waals surface area (Å²) < 4.78 is 0. The van der Waals surface area contributed by atoms with Crippen molar-refractivity contribution in [2.75, 3.05) is 19.6 Å². The number of nitrogens with one attached hydrogen (secondary N) is 2. The van der Waals surface area contributed by atoms with Gasteiger partial charge in [-0.2, -0.15) is 0 Å². The number of fused-ring (bicyclic) bond motifs is 1. The minimum Gasteiger partial charge on any atom is -0.351 e. The summed E-state index contributed by atoms with van der Waals surface area (Å²) in [5.74, 6) is 0.448. The molecule has 0 spiro atoms. The maximum atomic E-state index is 12.3. The Morgan fingerprint density at radius 2 is 2.04 bits per heavy atom. The molecule has 0 saturated carbocycles. The van der Waals surface area contributed by atoms with Crippen LogP contribution in [-0.2, 0) is 4.79 Å². The average Bonchev–Trinajstić information content (AvgIpc) is 2.96. The first kappa shape index (κ1) is 15.9. The molecule has 1 aromatic carbocycles. The number of aromatic amines is 1. The highest BCUT2D eigenvalue weighted by Crippen LogP contribution is 2.20. The number of likely N-dealkylation sites (tertiary alicyclic amines) is 1. The van der Waals surface area contributed by atoms with E-state index in [0.717, 1.165) is 36.8 Å². The number of hydrogen-bond acceptors (Lipinski definition) is 2. The van der Waals surface area contributed by atoms with Crippen molar-refractivity contribution in [2.24, 2.45) is 5.92 Å². The van der Waals surface area contributed by atoms with E-state index in [1.807, 2.05) is 23.1 Å². The molecule has 1 fully saturated rings. The number of H-pyrrole nitrogens is 1. The van der Waals surface area contributed by atoms with Crippen molar-refractivity contribution >= 4 is 34.3 Å². The zero-order valence-corrected chi connectivity index (χ0v) is 13.8. The van der Waals surface area contributed by atoms with E-state index in [1.54, 1.807) is 13.0 Å². The van der Waals surface area contributed by atoms with Crippen LogP contribution in [0.3, 0.4) is 0 Å². The van der Waals surface area contributed by atoms with Crippen LogP contribution in [0.5, 0.6) is 0 Å². The number of piperidine rings is 1. The van der Waals surface area contributed by atoms with Crippen molar-refractivity contribution in [3.8, 4) is 0 Å². The van der Waals surface area contributed by atoms with Crippen molar-refractivity contribution in [3.05, 3.63) is 35.0 Å². The standard InChI is InChI=1S/C17H20ClN3O2/c1-11(22)21-6-4-12(5-7-21)10-19-17(23)16-9-13-8-14(18)2-3-15(13)20-16/h2-3,8-9,12,20H,4-7,10H2,1H3,(H,19,23). The van der Waals surface area contributed by atoms with E-state index in [4.69, 9.17) is 11.6 Å². The van der Waals surface area contributed by atoms with Gasteiger partial charge in [0.25, 0.3) is 5.91 Å². The molecule has 1 saturated heterocycles. The van der Waals surface area contributed by atoms with Gasteiger partial charge in [0, 0.05) is 42.5 Å². The van der Waals surface area contributed by atoms with Gasteiger partial charge < -0.3 is 15.2 Å². The number of nitrogens with zero attached hydrogens (tertiary/aromatic N) is 1. The van der Waals surface area contributed by atoms with Crippen LogP contribution in [-0.4, -0.2) is 41.3 Å². The molecule has 0 bridgehead atoms. The molecule has 2 aromatic rings. The third kappa shape index (κ3) is 3.67. The first-order valence-electron chi connectivity index (χ1n) is 7.85. The van der Waals surface area contributed by atoms with Crippen molar-refractivity contribution in [1.29, 1.82) is 0 Å². The molecule has 2 amide bonds. The number of halogens is 1. The molecule has 3 rings (SSSR count). The Bertz CT molecular complexity index is 733. The third-order valence-electron chi connectivity index (χ3n) is 4.44. The summed E-state index contributed by atoms with van der Waals surface area (Å²) in [4.78, 5) is 28.6. The van der Waals surface area contributed by atoms with E-state index >= 15 is 0 Å². The smallest absolute Gasteiger partial charge is 0.267 e. The first-order valence-corrected chi connectivity index (χ1v) is 8.22. The Morgan fingerprint density at radius 1 is 1.30 bits per heavy atom. The summed E-state index contributed by atoms with van der Waals surface area (Å²) in [6.07, 6.45) is 1.87. The first-order chi connectivity index (χ1) is 11.0. The predicted molar refractivity (Wildman–Crippen MR) is 90.6 cm³/mol. The average molecular weight is 334 g/mol. The zero-order valence-electron chi connectivity index (χ0n) is 13.1. The summed E-state index contributed by atoms with van der Waals surface area (Å²) in [6.45, 7) is 3.80. The van der Waals surface area contributed by atoms with Crippen LogP contribution >= 0.6 is 11.6 Å². The molecule has 6 heteroatoms. The molecular weight excluding hydrogens is 314 g/mol. The number of carbonyl (C=O) groups is 2. The fraction of sp³-hybridized carbons (Fsp3) is 0.412. The van der Waals surface area contributed by atoms with Gasteiger partial charge in [-0.25, -0.2) is 0 Å². The molecule has 0 aliphatic carbocycles. The van der Waals surface area contributed by atoms with Gasteiger partial charge in [0.15, 0.2) is 0 Å². The van der Waals surface area contributed by atoms with Crippen LogP contribution in [0.1, 0.15) is 30.3 Å². The van der Waals surface area contributed by atoms with Gasteiger partial charge in [-0.15, -0.1) is 0 Å². The Balaban J connectivity index is 1.56. The summed E-state index contributed by atoms with van der Waals surface area (Å²) >= 11 is 5.96. The van der Waals surface area contributed by atoms with Crippen molar-refractivity contribution in [2.45, 2.75) is 19.8 Å². The van der Waals surface area contributed by atoms with Crippen LogP contribution < -0.4 is 5.32 Å². The van der Waals surface area contributed by atoms with Gasteiger partial charge in [0.1, 0.15) is 5.69 Å². The molecule has 122 valence electrons. The summed E-state index contributed by atoms with van der Waals surface area (Å²) in [7, 11) is 0. The number of aromatic nitrogens is 1. The third-order valence-corrected chi connectivity index (χ3v) is 4.67. The van der Waals surface area contributed by atoms with Gasteiger partial charge >= 0.3 is 0 Å². The Labute approximate surface area is 140 Å². The van der Waals surface area contributed by atoms with Crippen LogP contribution in [0.2, 0.25) is 5.02 Å². The van der Waals surface area contributed by atoms with Gasteiger partial charge in [-0.1, -0.05) is 11.6 Å². The minimum absolute atomic E-state index is 0.105. The van der Waals surface area contributed by atoms with E-state index in [1.165, 1.54) is 0 Å². The second-order valence-electron chi connectivity index (χ2n) is 6.07. The molecular formula is C17H20ClN3O2. The van der Waals surface area contributed by atoms with Gasteiger partial charge in [0.2, 0.25) is 5.91 Å². The molecule has 1 aliphatic rings. The highest BCUT2D eigenvalue weighted by Gasteiger charge is 2.21. The maximum Gasteiger partial charge on any atom is 0.267 e. The summed E-state index contributed by atoms with van der Waals surface area (Å²) in [5.41, 5.74) is 1.44. The fourth-order valence-electron chi connectivity index (χ4n) is 3.01. The SMILES string of the molecule is CC(=O)N1CCC(CNC(=O)c2cc3cc(Cl)ccc3[nH]2)CC1. The molecule has 1 aromatic heterocycles. The van der Waals surface area contributed by atoms with E-state index in [9.17, 15) is 9.59 Å². The van der Waals surface area contributed by atoms with E-state index in [-0.39, 0.29) is 11.8 Å². The van der Waals surface area contributed by atoms with Crippen molar-refractivity contribution in [1.82, 2.24) is 15.2 Å². The summed E-state index contributed by atoms with van der Waals surface area (Å²) in [5, 5.41) is 4.56. The maximum absolute atomic E-state index is 12.3. The number of amides is 2. The van der Waals surface area contributed by atoms with E-state index in [2.05, 4.69) is 10.3 Å². The topological polar surface area (TPSA) is 65.2 Å². The quantitative estimate of drug-likeness (QED) is 0.907. The molecule has 1 aliphatic heterocycles. The number of carbonyl (C=O) groups excluding carboxylic acids is 2. The highest BCUT2D eigenvalue weighted by molar-refractivity contribution is 6.31. The second-order valence-corrected chi connectivity index (χ2v) is 6.51. The van der Waals surface area contributed by atoms with Crippen LogP contribution in [0.15, 0.2) is 24.3 Å². The second kappa shape index (κ2) is 6.62. The van der Waals surface area contributed by atoms with Crippen LogP contribution in [0.4, 0.5) is 0 Å². The molecule has 0 unspecified atom stereocenters. The van der Waals surface area contributed by atoms with Crippen molar-refractivity contribution < 1.29 is 9.59 Å². The lowest BCUT2D eigenvalue weighted by Gasteiger charge is -2.31. The number of rotatable bonds is 3. The molecule has 5 nitrogen and oxygen atoms in total. The van der Waals surface area contributed by atoms with Gasteiger partial charge in [-0.3, -0.25) is 9.59 Å². The minimum atomic E-state index is -0.105. The lowest BCUT2D eigenvalue weighted by atomic mass is 9.97. The van der Waals surface area contributed by atoms with E-state index < -0.39 is 0 Å². The largest absolute Gasteiger partial charge is 0.351 e. The molecule has 2 heterocycles. The normalized spacial score (nSPS) is 15.8. The van der Waals surface area contributed by atoms with Crippen LogP contribution in [0.25, 0.3) is 10.9 Å². The molecule has 0 radical (unpaired) electrons. The molecule has 0 atom stereocenters. The fourth-order valence-corrected chi connectivity index (χ4v) is 3.19. The molecule has 2 N–H and O–H groups in total. The van der Waals surface area contributed by atoms with Gasteiger partial charge in [0.05, 0.1) is 0 Å². The Morgan fingerprint density at radius 3 is 2.74 bits per heavy atom.